The SMILES string of the molecule is C=CCNC(=O)CCn1nc(-c2cccs2)oc1=O. The van der Waals surface area contributed by atoms with Gasteiger partial charge in [-0.05, 0) is 11.4 Å². The third-order valence-electron chi connectivity index (χ3n) is 2.33. The molecule has 0 atom stereocenters. The second-order valence-electron chi connectivity index (χ2n) is 3.72. The number of amides is 1. The molecule has 100 valence electrons. The lowest BCUT2D eigenvalue weighted by Gasteiger charge is -2.00. The van der Waals surface area contributed by atoms with E-state index in [0.717, 1.165) is 9.56 Å². The van der Waals surface area contributed by atoms with Gasteiger partial charge in [0.25, 0.3) is 5.89 Å². The fourth-order valence-corrected chi connectivity index (χ4v) is 2.07. The Balaban J connectivity index is 2.00. The molecule has 0 saturated carbocycles. The molecule has 0 radical (unpaired) electrons. The molecular formula is C12H13N3O3S. The van der Waals surface area contributed by atoms with Crippen LogP contribution < -0.4 is 11.1 Å². The summed E-state index contributed by atoms with van der Waals surface area (Å²) >= 11 is 1.43. The molecule has 0 aliphatic rings. The van der Waals surface area contributed by atoms with Gasteiger partial charge in [0.2, 0.25) is 5.91 Å². The maximum Gasteiger partial charge on any atom is 0.437 e. The van der Waals surface area contributed by atoms with E-state index < -0.39 is 5.76 Å². The highest BCUT2D eigenvalue weighted by Crippen LogP contribution is 2.20. The fraction of sp³-hybridized carbons (Fsp3) is 0.250. The number of carbonyl (C=O) groups is 1. The first kappa shape index (κ1) is 13.3. The zero-order valence-electron chi connectivity index (χ0n) is 10.2. The van der Waals surface area contributed by atoms with E-state index in [9.17, 15) is 9.59 Å². The first-order valence-electron chi connectivity index (χ1n) is 5.70. The smallest absolute Gasteiger partial charge is 0.387 e. The van der Waals surface area contributed by atoms with Gasteiger partial charge < -0.3 is 9.73 Å². The molecule has 2 aromatic rings. The molecule has 0 aliphatic carbocycles. The molecule has 1 amide bonds. The van der Waals surface area contributed by atoms with Gasteiger partial charge in [-0.25, -0.2) is 4.79 Å². The highest BCUT2D eigenvalue weighted by atomic mass is 32.1. The quantitative estimate of drug-likeness (QED) is 0.807. The number of nitrogens with zero attached hydrogens (tertiary/aromatic N) is 2. The molecule has 0 spiro atoms. The predicted octanol–water partition coefficient (Wildman–Crippen LogP) is 1.26. The van der Waals surface area contributed by atoms with Crippen LogP contribution in [0.25, 0.3) is 10.8 Å². The molecule has 0 aromatic carbocycles. The lowest BCUT2D eigenvalue weighted by molar-refractivity contribution is -0.121. The minimum absolute atomic E-state index is 0.160. The Labute approximate surface area is 113 Å². The Morgan fingerprint density at radius 3 is 3.16 bits per heavy atom. The average Bonchev–Trinajstić information content (AvgIpc) is 3.03. The monoisotopic (exact) mass is 279 g/mol. The molecule has 6 nitrogen and oxygen atoms in total. The Morgan fingerprint density at radius 1 is 1.63 bits per heavy atom. The van der Waals surface area contributed by atoms with E-state index in [1.54, 1.807) is 6.08 Å². The van der Waals surface area contributed by atoms with Gasteiger partial charge in [0.15, 0.2) is 0 Å². The first-order chi connectivity index (χ1) is 9.20. The minimum Gasteiger partial charge on any atom is -0.387 e. The van der Waals surface area contributed by atoms with Gasteiger partial charge in [-0.3, -0.25) is 4.79 Å². The Bertz CT molecular complexity index is 612. The van der Waals surface area contributed by atoms with Crippen molar-refractivity contribution in [3.63, 3.8) is 0 Å². The van der Waals surface area contributed by atoms with Crippen LogP contribution in [0.5, 0.6) is 0 Å². The van der Waals surface area contributed by atoms with Crippen LogP contribution in [0.15, 0.2) is 39.4 Å². The molecule has 0 bridgehead atoms. The van der Waals surface area contributed by atoms with Crippen LogP contribution in [0.4, 0.5) is 0 Å². The Morgan fingerprint density at radius 2 is 2.47 bits per heavy atom. The molecule has 2 aromatic heterocycles. The molecule has 19 heavy (non-hydrogen) atoms. The lowest BCUT2D eigenvalue weighted by Crippen LogP contribution is -2.26. The number of aromatic nitrogens is 2. The van der Waals surface area contributed by atoms with Gasteiger partial charge in [-0.1, -0.05) is 12.1 Å². The van der Waals surface area contributed by atoms with Crippen molar-refractivity contribution in [2.45, 2.75) is 13.0 Å². The number of hydrogen-bond donors (Lipinski definition) is 1. The standard InChI is InChI=1S/C12H13N3O3S/c1-2-6-13-10(16)5-7-15-12(17)18-11(14-15)9-4-3-8-19-9/h2-4,8H,1,5-7H2,(H,13,16). The number of hydrogen-bond acceptors (Lipinski definition) is 5. The summed E-state index contributed by atoms with van der Waals surface area (Å²) in [5.41, 5.74) is 0. The normalized spacial score (nSPS) is 10.3. The minimum atomic E-state index is -0.556. The van der Waals surface area contributed by atoms with Crippen LogP contribution in [0, 0.1) is 0 Å². The number of aryl methyl sites for hydroxylation is 1. The fourth-order valence-electron chi connectivity index (χ4n) is 1.43. The molecule has 0 fully saturated rings. The highest BCUT2D eigenvalue weighted by Gasteiger charge is 2.11. The molecule has 0 unspecified atom stereocenters. The second-order valence-corrected chi connectivity index (χ2v) is 4.66. The number of thiophene rings is 1. The summed E-state index contributed by atoms with van der Waals surface area (Å²) in [6.07, 6.45) is 1.76. The van der Waals surface area contributed by atoms with Gasteiger partial charge in [-0.2, -0.15) is 4.68 Å². The van der Waals surface area contributed by atoms with Gasteiger partial charge in [0.1, 0.15) is 0 Å². The summed E-state index contributed by atoms with van der Waals surface area (Å²) in [4.78, 5) is 23.7. The third-order valence-corrected chi connectivity index (χ3v) is 3.19. The molecule has 7 heteroatoms. The van der Waals surface area contributed by atoms with Crippen LogP contribution in [-0.2, 0) is 11.3 Å². The van der Waals surface area contributed by atoms with Crippen LogP contribution >= 0.6 is 11.3 Å². The summed E-state index contributed by atoms with van der Waals surface area (Å²) in [5.74, 6) is -0.432. The van der Waals surface area contributed by atoms with Crippen molar-refractivity contribution in [2.24, 2.45) is 0 Å². The summed E-state index contributed by atoms with van der Waals surface area (Å²) in [5, 5.41) is 8.55. The molecule has 1 N–H and O–H groups in total. The highest BCUT2D eigenvalue weighted by molar-refractivity contribution is 7.13. The maximum atomic E-state index is 11.6. The van der Waals surface area contributed by atoms with Crippen LogP contribution in [0.2, 0.25) is 0 Å². The van der Waals surface area contributed by atoms with Crippen LogP contribution in [0.1, 0.15) is 6.42 Å². The van der Waals surface area contributed by atoms with Gasteiger partial charge in [0.05, 0.1) is 11.4 Å². The maximum absolute atomic E-state index is 11.6. The number of carbonyl (C=O) groups excluding carboxylic acids is 1. The predicted molar refractivity (Wildman–Crippen MR) is 71.9 cm³/mol. The van der Waals surface area contributed by atoms with Crippen molar-refractivity contribution in [3.05, 3.63) is 40.7 Å². The van der Waals surface area contributed by atoms with Gasteiger partial charge in [-0.15, -0.1) is 23.0 Å². The van der Waals surface area contributed by atoms with Crippen molar-refractivity contribution < 1.29 is 9.21 Å². The summed E-state index contributed by atoms with van der Waals surface area (Å²) in [6, 6.07) is 3.67. The van der Waals surface area contributed by atoms with Crippen molar-refractivity contribution in [1.29, 1.82) is 0 Å². The Kier molecular flexibility index (Phi) is 4.30. The lowest BCUT2D eigenvalue weighted by atomic mass is 10.4. The van der Waals surface area contributed by atoms with E-state index in [1.807, 2.05) is 17.5 Å². The van der Waals surface area contributed by atoms with Crippen LogP contribution in [0.3, 0.4) is 0 Å². The summed E-state index contributed by atoms with van der Waals surface area (Å²) < 4.78 is 6.19. The van der Waals surface area contributed by atoms with Gasteiger partial charge in [0, 0.05) is 13.0 Å². The van der Waals surface area contributed by atoms with E-state index in [1.165, 1.54) is 11.3 Å². The van der Waals surface area contributed by atoms with E-state index >= 15 is 0 Å². The molecule has 0 aliphatic heterocycles. The molecule has 0 saturated heterocycles. The first-order valence-corrected chi connectivity index (χ1v) is 6.58. The molecular weight excluding hydrogens is 266 g/mol. The van der Waals surface area contributed by atoms with Crippen molar-refractivity contribution >= 4 is 17.2 Å². The zero-order valence-corrected chi connectivity index (χ0v) is 11.0. The number of nitrogens with one attached hydrogen (secondary N) is 1. The van der Waals surface area contributed by atoms with Crippen molar-refractivity contribution in [3.8, 4) is 10.8 Å². The van der Waals surface area contributed by atoms with Gasteiger partial charge >= 0.3 is 5.76 Å². The average molecular weight is 279 g/mol. The van der Waals surface area contributed by atoms with Crippen LogP contribution in [-0.4, -0.2) is 22.2 Å². The van der Waals surface area contributed by atoms with E-state index in [0.29, 0.717) is 6.54 Å². The topological polar surface area (TPSA) is 77.1 Å². The van der Waals surface area contributed by atoms with E-state index in [-0.39, 0.29) is 24.8 Å². The molecule has 2 heterocycles. The summed E-state index contributed by atoms with van der Waals surface area (Å²) in [7, 11) is 0. The largest absolute Gasteiger partial charge is 0.437 e. The van der Waals surface area contributed by atoms with Crippen molar-refractivity contribution in [2.75, 3.05) is 6.54 Å². The van der Waals surface area contributed by atoms with E-state index in [2.05, 4.69) is 17.0 Å². The van der Waals surface area contributed by atoms with E-state index in [4.69, 9.17) is 4.42 Å². The van der Waals surface area contributed by atoms with Crippen molar-refractivity contribution in [1.82, 2.24) is 15.1 Å². The zero-order chi connectivity index (χ0) is 13.7. The number of rotatable bonds is 6. The third kappa shape index (κ3) is 3.41. The second kappa shape index (κ2) is 6.14. The molecule has 2 rings (SSSR count). The summed E-state index contributed by atoms with van der Waals surface area (Å²) in [6.45, 7) is 4.10. The Hall–Kier alpha value is -2.15.